The molecule has 0 aromatic carbocycles. The molecule has 2 rings (SSSR count). The van der Waals surface area contributed by atoms with Gasteiger partial charge in [-0.15, -0.1) is 0 Å². The number of piperidine rings is 1. The molecule has 1 aliphatic heterocycles. The Bertz CT molecular complexity index is 205. The zero-order valence-corrected chi connectivity index (χ0v) is 7.83. The SMILES string of the molecule is O=C(O)[C@@H]1CN[C@H]2CCCC[C@@H]2C1. The van der Waals surface area contributed by atoms with Gasteiger partial charge < -0.3 is 10.4 Å². The van der Waals surface area contributed by atoms with Crippen molar-refractivity contribution in [3.05, 3.63) is 0 Å². The van der Waals surface area contributed by atoms with E-state index in [2.05, 4.69) is 5.32 Å². The normalized spacial score (nSPS) is 39.5. The minimum Gasteiger partial charge on any atom is -0.481 e. The molecule has 0 aromatic rings. The van der Waals surface area contributed by atoms with Crippen molar-refractivity contribution in [3.63, 3.8) is 0 Å². The fraction of sp³-hybridized carbons (Fsp3) is 0.900. The number of aliphatic carboxylic acids is 1. The largest absolute Gasteiger partial charge is 0.481 e. The van der Waals surface area contributed by atoms with Gasteiger partial charge in [0.05, 0.1) is 5.92 Å². The molecule has 1 saturated carbocycles. The molecule has 2 fully saturated rings. The summed E-state index contributed by atoms with van der Waals surface area (Å²) in [4.78, 5) is 10.8. The Kier molecular flexibility index (Phi) is 2.54. The second kappa shape index (κ2) is 3.66. The van der Waals surface area contributed by atoms with E-state index in [0.717, 1.165) is 6.42 Å². The fourth-order valence-electron chi connectivity index (χ4n) is 2.69. The fourth-order valence-corrected chi connectivity index (χ4v) is 2.69. The molecular weight excluding hydrogens is 166 g/mol. The number of fused-ring (bicyclic) bond motifs is 1. The summed E-state index contributed by atoms with van der Waals surface area (Å²) >= 11 is 0. The molecule has 0 bridgehead atoms. The van der Waals surface area contributed by atoms with Crippen molar-refractivity contribution in [3.8, 4) is 0 Å². The minimum atomic E-state index is -0.628. The Morgan fingerprint density at radius 1 is 1.31 bits per heavy atom. The summed E-state index contributed by atoms with van der Waals surface area (Å²) in [6.45, 7) is 0.677. The first kappa shape index (κ1) is 9.00. The van der Waals surface area contributed by atoms with E-state index in [9.17, 15) is 4.79 Å². The number of carboxylic acid groups (broad SMARTS) is 1. The molecule has 2 N–H and O–H groups in total. The summed E-state index contributed by atoms with van der Waals surface area (Å²) in [6, 6.07) is 0.615. The van der Waals surface area contributed by atoms with Crippen molar-refractivity contribution in [2.75, 3.05) is 6.54 Å². The number of nitrogens with one attached hydrogen (secondary N) is 1. The van der Waals surface area contributed by atoms with E-state index >= 15 is 0 Å². The molecular formula is C10H17NO2. The first-order valence-corrected chi connectivity index (χ1v) is 5.23. The summed E-state index contributed by atoms with van der Waals surface area (Å²) in [5.41, 5.74) is 0. The molecule has 3 atom stereocenters. The molecule has 0 radical (unpaired) electrons. The van der Waals surface area contributed by atoms with Gasteiger partial charge in [0, 0.05) is 12.6 Å². The van der Waals surface area contributed by atoms with Gasteiger partial charge >= 0.3 is 5.97 Å². The molecule has 0 amide bonds. The highest BCUT2D eigenvalue weighted by Crippen LogP contribution is 2.32. The summed E-state index contributed by atoms with van der Waals surface area (Å²) in [6.07, 6.45) is 5.96. The van der Waals surface area contributed by atoms with Crippen molar-refractivity contribution in [2.24, 2.45) is 11.8 Å². The van der Waals surface area contributed by atoms with E-state index in [4.69, 9.17) is 5.11 Å². The molecule has 1 aliphatic carbocycles. The molecule has 3 heteroatoms. The van der Waals surface area contributed by atoms with Gasteiger partial charge in [0.2, 0.25) is 0 Å². The van der Waals surface area contributed by atoms with E-state index in [1.165, 1.54) is 25.7 Å². The van der Waals surface area contributed by atoms with Crippen LogP contribution in [0.3, 0.4) is 0 Å². The number of carbonyl (C=O) groups is 1. The lowest BCUT2D eigenvalue weighted by atomic mass is 9.76. The molecule has 3 nitrogen and oxygen atoms in total. The van der Waals surface area contributed by atoms with Gasteiger partial charge in [-0.3, -0.25) is 4.79 Å². The first-order valence-electron chi connectivity index (χ1n) is 5.23. The predicted octanol–water partition coefficient (Wildman–Crippen LogP) is 1.24. The lowest BCUT2D eigenvalue weighted by Gasteiger charge is -2.38. The number of carboxylic acids is 1. The Morgan fingerprint density at radius 3 is 2.85 bits per heavy atom. The van der Waals surface area contributed by atoms with Crippen LogP contribution in [0, 0.1) is 11.8 Å². The standard InChI is InChI=1S/C10H17NO2/c12-10(13)8-5-7-3-1-2-4-9(7)11-6-8/h7-9,11H,1-6H2,(H,12,13)/t7-,8+,9+/m1/s1. The Balaban J connectivity index is 1.95. The van der Waals surface area contributed by atoms with Crippen LogP contribution in [0.2, 0.25) is 0 Å². The summed E-state index contributed by atoms with van der Waals surface area (Å²) in [7, 11) is 0. The lowest BCUT2D eigenvalue weighted by Crippen LogP contribution is -2.48. The van der Waals surface area contributed by atoms with Crippen molar-refractivity contribution >= 4 is 5.97 Å². The van der Waals surface area contributed by atoms with Crippen LogP contribution in [-0.2, 0) is 4.79 Å². The average molecular weight is 183 g/mol. The zero-order chi connectivity index (χ0) is 9.26. The minimum absolute atomic E-state index is 0.139. The van der Waals surface area contributed by atoms with Crippen LogP contribution in [0.4, 0.5) is 0 Å². The highest BCUT2D eigenvalue weighted by atomic mass is 16.4. The van der Waals surface area contributed by atoms with Crippen molar-refractivity contribution in [1.29, 1.82) is 0 Å². The van der Waals surface area contributed by atoms with Gasteiger partial charge in [-0.2, -0.15) is 0 Å². The van der Waals surface area contributed by atoms with Gasteiger partial charge in [0.15, 0.2) is 0 Å². The highest BCUT2D eigenvalue weighted by molar-refractivity contribution is 5.70. The van der Waals surface area contributed by atoms with Crippen LogP contribution < -0.4 is 5.32 Å². The molecule has 74 valence electrons. The first-order chi connectivity index (χ1) is 6.27. The Morgan fingerprint density at radius 2 is 2.08 bits per heavy atom. The Labute approximate surface area is 78.5 Å². The Hall–Kier alpha value is -0.570. The second-order valence-electron chi connectivity index (χ2n) is 4.33. The number of hydrogen-bond acceptors (Lipinski definition) is 2. The molecule has 0 aromatic heterocycles. The van der Waals surface area contributed by atoms with Crippen LogP contribution in [-0.4, -0.2) is 23.7 Å². The maximum atomic E-state index is 10.8. The van der Waals surface area contributed by atoms with Crippen molar-refractivity contribution in [1.82, 2.24) is 5.32 Å². The summed E-state index contributed by atoms with van der Waals surface area (Å²) in [5.74, 6) is -0.139. The third-order valence-corrected chi connectivity index (χ3v) is 3.47. The molecule has 1 heterocycles. The summed E-state index contributed by atoms with van der Waals surface area (Å²) < 4.78 is 0. The van der Waals surface area contributed by atoms with Crippen LogP contribution in [0.1, 0.15) is 32.1 Å². The number of rotatable bonds is 1. The van der Waals surface area contributed by atoms with Gasteiger partial charge in [0.1, 0.15) is 0 Å². The molecule has 13 heavy (non-hydrogen) atoms. The molecule has 2 aliphatic rings. The van der Waals surface area contributed by atoms with Crippen LogP contribution >= 0.6 is 0 Å². The van der Waals surface area contributed by atoms with E-state index in [-0.39, 0.29) is 5.92 Å². The van der Waals surface area contributed by atoms with Gasteiger partial charge in [-0.1, -0.05) is 12.8 Å². The van der Waals surface area contributed by atoms with E-state index in [1.54, 1.807) is 0 Å². The van der Waals surface area contributed by atoms with Crippen LogP contribution in [0.5, 0.6) is 0 Å². The quantitative estimate of drug-likeness (QED) is 0.643. The topological polar surface area (TPSA) is 49.3 Å². The van der Waals surface area contributed by atoms with Crippen molar-refractivity contribution in [2.45, 2.75) is 38.1 Å². The maximum absolute atomic E-state index is 10.8. The third kappa shape index (κ3) is 1.85. The van der Waals surface area contributed by atoms with Gasteiger partial charge in [-0.05, 0) is 25.2 Å². The third-order valence-electron chi connectivity index (χ3n) is 3.47. The predicted molar refractivity (Wildman–Crippen MR) is 49.5 cm³/mol. The zero-order valence-electron chi connectivity index (χ0n) is 7.83. The molecule has 1 saturated heterocycles. The smallest absolute Gasteiger partial charge is 0.307 e. The maximum Gasteiger partial charge on any atom is 0.307 e. The van der Waals surface area contributed by atoms with E-state index in [1.807, 2.05) is 0 Å². The number of hydrogen-bond donors (Lipinski definition) is 2. The lowest BCUT2D eigenvalue weighted by molar-refractivity contribution is -0.143. The summed E-state index contributed by atoms with van der Waals surface area (Å²) in [5, 5.41) is 12.3. The monoisotopic (exact) mass is 183 g/mol. The average Bonchev–Trinajstić information content (AvgIpc) is 2.17. The van der Waals surface area contributed by atoms with E-state index in [0.29, 0.717) is 18.5 Å². The second-order valence-corrected chi connectivity index (χ2v) is 4.33. The molecule has 0 unspecified atom stereocenters. The van der Waals surface area contributed by atoms with E-state index < -0.39 is 5.97 Å². The van der Waals surface area contributed by atoms with Gasteiger partial charge in [0.25, 0.3) is 0 Å². The van der Waals surface area contributed by atoms with Crippen LogP contribution in [0.25, 0.3) is 0 Å². The van der Waals surface area contributed by atoms with Crippen molar-refractivity contribution < 1.29 is 9.90 Å². The van der Waals surface area contributed by atoms with Gasteiger partial charge in [-0.25, -0.2) is 0 Å². The highest BCUT2D eigenvalue weighted by Gasteiger charge is 2.34. The van der Waals surface area contributed by atoms with Crippen LogP contribution in [0.15, 0.2) is 0 Å². The molecule has 0 spiro atoms.